The molecule has 3 aliphatic rings. The highest BCUT2D eigenvalue weighted by atomic mass is 16.5. The highest BCUT2D eigenvalue weighted by molar-refractivity contribution is 5.97. The van der Waals surface area contributed by atoms with Gasteiger partial charge in [-0.3, -0.25) is 9.59 Å². The Kier molecular flexibility index (Phi) is 2.92. The van der Waals surface area contributed by atoms with Crippen LogP contribution in [0.1, 0.15) is 42.1 Å². The van der Waals surface area contributed by atoms with Gasteiger partial charge in [0, 0.05) is 11.5 Å². The molecule has 106 valence electrons. The van der Waals surface area contributed by atoms with Crippen molar-refractivity contribution in [2.75, 3.05) is 6.61 Å². The molecule has 2 heterocycles. The largest absolute Gasteiger partial charge is 0.507 e. The molecule has 20 heavy (non-hydrogen) atoms. The van der Waals surface area contributed by atoms with Crippen molar-refractivity contribution in [1.29, 1.82) is 0 Å². The Morgan fingerprint density at radius 2 is 2.20 bits per heavy atom. The Morgan fingerprint density at radius 3 is 2.85 bits per heavy atom. The van der Waals surface area contributed by atoms with Gasteiger partial charge in [0.25, 0.3) is 0 Å². The smallest absolute Gasteiger partial charge is 0.313 e. The zero-order valence-corrected chi connectivity index (χ0v) is 11.4. The fraction of sp³-hybridized carbons (Fsp3) is 0.467. The lowest BCUT2D eigenvalue weighted by Gasteiger charge is -2.48. The van der Waals surface area contributed by atoms with E-state index in [1.54, 1.807) is 19.1 Å². The SMILES string of the molecule is CCOC(=O)C1C2C[C@@H]1c1c(ccc(C(C)=O)c1O)O2. The number of aromatic hydroxyl groups is 1. The van der Waals surface area contributed by atoms with Crippen molar-refractivity contribution in [3.8, 4) is 11.5 Å². The monoisotopic (exact) mass is 276 g/mol. The van der Waals surface area contributed by atoms with Gasteiger partial charge in [-0.15, -0.1) is 0 Å². The molecule has 0 saturated heterocycles. The van der Waals surface area contributed by atoms with Gasteiger partial charge in [-0.2, -0.15) is 0 Å². The second-order valence-corrected chi connectivity index (χ2v) is 5.21. The summed E-state index contributed by atoms with van der Waals surface area (Å²) < 4.78 is 10.8. The van der Waals surface area contributed by atoms with E-state index in [1.165, 1.54) is 6.92 Å². The second kappa shape index (κ2) is 4.51. The third-order valence-corrected chi connectivity index (χ3v) is 4.08. The summed E-state index contributed by atoms with van der Waals surface area (Å²) in [6.07, 6.45) is 0.486. The summed E-state index contributed by atoms with van der Waals surface area (Å²) in [5, 5.41) is 10.3. The lowest BCUT2D eigenvalue weighted by molar-refractivity contribution is -0.160. The van der Waals surface area contributed by atoms with Gasteiger partial charge in [0.15, 0.2) is 5.78 Å². The van der Waals surface area contributed by atoms with E-state index in [2.05, 4.69) is 0 Å². The fourth-order valence-corrected chi connectivity index (χ4v) is 3.08. The van der Waals surface area contributed by atoms with E-state index in [0.717, 1.165) is 0 Å². The minimum Gasteiger partial charge on any atom is -0.507 e. The van der Waals surface area contributed by atoms with E-state index in [1.807, 2.05) is 0 Å². The molecule has 5 nitrogen and oxygen atoms in total. The van der Waals surface area contributed by atoms with E-state index in [4.69, 9.17) is 9.47 Å². The van der Waals surface area contributed by atoms with E-state index < -0.39 is 0 Å². The summed E-state index contributed by atoms with van der Waals surface area (Å²) in [5.41, 5.74) is 0.832. The van der Waals surface area contributed by atoms with Crippen LogP contribution in [0.2, 0.25) is 0 Å². The van der Waals surface area contributed by atoms with Gasteiger partial charge >= 0.3 is 5.97 Å². The van der Waals surface area contributed by atoms with Crippen LogP contribution in [0.4, 0.5) is 0 Å². The number of ether oxygens (including phenoxy) is 2. The van der Waals surface area contributed by atoms with E-state index in [0.29, 0.717) is 24.3 Å². The molecule has 1 saturated carbocycles. The molecule has 1 aromatic rings. The molecule has 2 bridgehead atoms. The molecule has 2 unspecified atom stereocenters. The summed E-state index contributed by atoms with van der Waals surface area (Å²) in [4.78, 5) is 23.4. The normalized spacial score (nSPS) is 26.0. The first kappa shape index (κ1) is 13.0. The van der Waals surface area contributed by atoms with Crippen molar-refractivity contribution in [1.82, 2.24) is 0 Å². The zero-order chi connectivity index (χ0) is 14.4. The first-order valence-corrected chi connectivity index (χ1v) is 6.74. The van der Waals surface area contributed by atoms with Crippen LogP contribution in [-0.4, -0.2) is 29.6 Å². The summed E-state index contributed by atoms with van der Waals surface area (Å²) >= 11 is 0. The summed E-state index contributed by atoms with van der Waals surface area (Å²) in [7, 11) is 0. The average Bonchev–Trinajstić information content (AvgIpc) is 2.38. The number of benzene rings is 1. The first-order valence-electron chi connectivity index (χ1n) is 6.74. The standard InChI is InChI=1S/C15H16O5/c1-3-19-15(18)13-9-6-11(13)20-10-5-4-8(7(2)16)14(17)12(9)10/h4-5,9,11,13,17H,3,6H2,1-2H3/t9-,11?,13?/m1/s1. The maximum Gasteiger partial charge on any atom is 0.313 e. The quantitative estimate of drug-likeness (QED) is 0.675. The highest BCUT2D eigenvalue weighted by Gasteiger charge is 2.54. The van der Waals surface area contributed by atoms with Crippen LogP contribution in [0.25, 0.3) is 0 Å². The molecule has 0 radical (unpaired) electrons. The predicted octanol–water partition coefficient (Wildman–Crippen LogP) is 2.02. The van der Waals surface area contributed by atoms with E-state index in [9.17, 15) is 14.7 Å². The molecule has 0 spiro atoms. The van der Waals surface area contributed by atoms with Crippen molar-refractivity contribution >= 4 is 11.8 Å². The number of hydrogen-bond donors (Lipinski definition) is 1. The van der Waals surface area contributed by atoms with Crippen LogP contribution < -0.4 is 4.74 Å². The number of Topliss-reactive ketones (excluding diaryl/α,β-unsaturated/α-hetero) is 1. The molecule has 1 fully saturated rings. The van der Waals surface area contributed by atoms with Crippen LogP contribution in [0.15, 0.2) is 12.1 Å². The van der Waals surface area contributed by atoms with Crippen molar-refractivity contribution in [3.05, 3.63) is 23.3 Å². The minimum atomic E-state index is -0.379. The average molecular weight is 276 g/mol. The summed E-state index contributed by atoms with van der Waals surface area (Å²) in [6.45, 7) is 3.48. The predicted molar refractivity (Wildman–Crippen MR) is 70.0 cm³/mol. The molecular formula is C15H16O5. The lowest BCUT2D eigenvalue weighted by atomic mass is 9.65. The van der Waals surface area contributed by atoms with Gasteiger partial charge in [-0.25, -0.2) is 0 Å². The van der Waals surface area contributed by atoms with Gasteiger partial charge in [-0.1, -0.05) is 0 Å². The van der Waals surface area contributed by atoms with Gasteiger partial charge in [0.05, 0.1) is 12.2 Å². The van der Waals surface area contributed by atoms with E-state index in [-0.39, 0.29) is 41.0 Å². The molecule has 1 aromatic carbocycles. The molecule has 1 N–H and O–H groups in total. The highest BCUT2D eigenvalue weighted by Crippen LogP contribution is 2.56. The van der Waals surface area contributed by atoms with Crippen molar-refractivity contribution in [2.45, 2.75) is 32.3 Å². The van der Waals surface area contributed by atoms with Gasteiger partial charge in [-0.05, 0) is 32.4 Å². The number of ketones is 1. The number of rotatable bonds is 3. The molecule has 3 atom stereocenters. The van der Waals surface area contributed by atoms with Gasteiger partial charge in [0.1, 0.15) is 23.5 Å². The maximum absolute atomic E-state index is 11.9. The number of phenolic OH excluding ortho intramolecular Hbond substituents is 1. The lowest BCUT2D eigenvalue weighted by Crippen LogP contribution is -2.52. The molecule has 4 rings (SSSR count). The topological polar surface area (TPSA) is 72.8 Å². The number of esters is 1. The molecular weight excluding hydrogens is 260 g/mol. The zero-order valence-electron chi connectivity index (χ0n) is 11.4. The van der Waals surface area contributed by atoms with Crippen LogP contribution >= 0.6 is 0 Å². The fourth-order valence-electron chi connectivity index (χ4n) is 3.08. The van der Waals surface area contributed by atoms with Crippen molar-refractivity contribution < 1.29 is 24.2 Å². The van der Waals surface area contributed by atoms with Crippen LogP contribution in [-0.2, 0) is 9.53 Å². The van der Waals surface area contributed by atoms with Crippen molar-refractivity contribution in [2.24, 2.45) is 5.92 Å². The number of carbonyl (C=O) groups excluding carboxylic acids is 2. The number of hydrogen-bond acceptors (Lipinski definition) is 5. The molecule has 0 amide bonds. The Hall–Kier alpha value is -2.04. The third-order valence-electron chi connectivity index (χ3n) is 4.08. The summed E-state index contributed by atoms with van der Waals surface area (Å²) in [6, 6.07) is 3.24. The molecule has 0 aromatic heterocycles. The Balaban J connectivity index is 2.00. The van der Waals surface area contributed by atoms with Crippen LogP contribution in [0.3, 0.4) is 0 Å². The third kappa shape index (κ3) is 1.69. The maximum atomic E-state index is 11.9. The Labute approximate surface area is 116 Å². The molecule has 1 aliphatic carbocycles. The van der Waals surface area contributed by atoms with Crippen LogP contribution in [0.5, 0.6) is 11.5 Å². The minimum absolute atomic E-state index is 0.0625. The first-order chi connectivity index (χ1) is 9.54. The second-order valence-electron chi connectivity index (χ2n) is 5.21. The van der Waals surface area contributed by atoms with Crippen LogP contribution in [0, 0.1) is 5.92 Å². The molecule has 5 heteroatoms. The Bertz CT molecular complexity index is 592. The Morgan fingerprint density at radius 1 is 1.45 bits per heavy atom. The van der Waals surface area contributed by atoms with Gasteiger partial charge in [0.2, 0.25) is 0 Å². The van der Waals surface area contributed by atoms with Crippen molar-refractivity contribution in [3.63, 3.8) is 0 Å². The number of phenols is 1. The van der Waals surface area contributed by atoms with E-state index >= 15 is 0 Å². The summed E-state index contributed by atoms with van der Waals surface area (Å²) in [5.74, 6) is -0.508. The van der Waals surface area contributed by atoms with Gasteiger partial charge < -0.3 is 14.6 Å². The molecule has 2 aliphatic heterocycles. The number of carbonyl (C=O) groups is 2.